The van der Waals surface area contributed by atoms with Crippen LogP contribution in [0.25, 0.3) is 28.2 Å². The quantitative estimate of drug-likeness (QED) is 0.409. The van der Waals surface area contributed by atoms with Gasteiger partial charge in [0.2, 0.25) is 0 Å². The zero-order valence-corrected chi connectivity index (χ0v) is 19.5. The van der Waals surface area contributed by atoms with E-state index in [-0.39, 0.29) is 0 Å². The summed E-state index contributed by atoms with van der Waals surface area (Å²) in [5, 5.41) is 7.65. The highest BCUT2D eigenvalue weighted by atomic mass is 16.5. The van der Waals surface area contributed by atoms with Crippen LogP contribution >= 0.6 is 0 Å². The second-order valence-corrected chi connectivity index (χ2v) is 8.60. The van der Waals surface area contributed by atoms with Gasteiger partial charge < -0.3 is 15.0 Å². The lowest BCUT2D eigenvalue weighted by Crippen LogP contribution is -2.36. The lowest BCUT2D eigenvalue weighted by atomic mass is 10.1. The number of fused-ring (bicyclic) bond motifs is 1. The van der Waals surface area contributed by atoms with Gasteiger partial charge in [0.1, 0.15) is 17.8 Å². The zero-order chi connectivity index (χ0) is 23.6. The molecule has 0 unspecified atom stereocenters. The second kappa shape index (κ2) is 9.19. The predicted octanol–water partition coefficient (Wildman–Crippen LogP) is 3.64. The van der Waals surface area contributed by atoms with E-state index in [2.05, 4.69) is 77.3 Å². The Morgan fingerprint density at radius 2 is 1.80 bits per heavy atom. The van der Waals surface area contributed by atoms with Crippen LogP contribution < -0.4 is 10.2 Å². The first-order chi connectivity index (χ1) is 17.2. The summed E-state index contributed by atoms with van der Waals surface area (Å²) in [6.45, 7) is 3.99. The van der Waals surface area contributed by atoms with Crippen molar-refractivity contribution in [3.63, 3.8) is 0 Å². The third-order valence-electron chi connectivity index (χ3n) is 6.27. The van der Waals surface area contributed by atoms with E-state index in [9.17, 15) is 0 Å². The maximum Gasteiger partial charge on any atom is 0.139 e. The van der Waals surface area contributed by atoms with Gasteiger partial charge in [0, 0.05) is 62.5 Å². The first kappa shape index (κ1) is 21.3. The molecule has 176 valence electrons. The van der Waals surface area contributed by atoms with Crippen LogP contribution in [0.4, 0.5) is 11.5 Å². The zero-order valence-electron chi connectivity index (χ0n) is 19.5. The molecule has 9 nitrogen and oxygen atoms in total. The third kappa shape index (κ3) is 4.45. The molecule has 0 aliphatic carbocycles. The Balaban J connectivity index is 1.17. The van der Waals surface area contributed by atoms with E-state index in [4.69, 9.17) is 4.74 Å². The lowest BCUT2D eigenvalue weighted by Gasteiger charge is -2.28. The average molecular weight is 467 g/mol. The Hall–Kier alpha value is -4.24. The molecule has 5 aromatic rings. The first-order valence-corrected chi connectivity index (χ1v) is 11.7. The number of aromatic nitrogens is 6. The Labute approximate surface area is 203 Å². The number of nitrogens with zero attached hydrogens (tertiary/aromatic N) is 7. The van der Waals surface area contributed by atoms with Crippen molar-refractivity contribution in [2.75, 3.05) is 36.5 Å². The number of rotatable bonds is 6. The summed E-state index contributed by atoms with van der Waals surface area (Å²) < 4.78 is 9.34. The van der Waals surface area contributed by atoms with Gasteiger partial charge in [0.05, 0.1) is 37.0 Å². The van der Waals surface area contributed by atoms with Crippen molar-refractivity contribution in [3.8, 4) is 22.5 Å². The molecule has 1 aromatic carbocycles. The number of imidazole rings is 1. The molecule has 35 heavy (non-hydrogen) atoms. The van der Waals surface area contributed by atoms with Gasteiger partial charge in [-0.25, -0.2) is 15.0 Å². The molecule has 1 N–H and O–H groups in total. The van der Waals surface area contributed by atoms with Gasteiger partial charge in [-0.2, -0.15) is 5.10 Å². The van der Waals surface area contributed by atoms with Gasteiger partial charge in [-0.1, -0.05) is 24.3 Å². The van der Waals surface area contributed by atoms with Crippen LogP contribution in [0.2, 0.25) is 0 Å². The summed E-state index contributed by atoms with van der Waals surface area (Å²) in [6, 6.07) is 14.7. The molecule has 4 aromatic heterocycles. The molecular weight excluding hydrogens is 440 g/mol. The predicted molar refractivity (Wildman–Crippen MR) is 135 cm³/mol. The SMILES string of the molecule is Cn1cc(-c2ccc(CNc3cc(-c4cnc5cc(N6CCOCC6)ccn45)ncn3)cc2)cn1. The van der Waals surface area contributed by atoms with Gasteiger partial charge in [-0.3, -0.25) is 9.08 Å². The molecule has 1 saturated heterocycles. The smallest absolute Gasteiger partial charge is 0.139 e. The topological polar surface area (TPSA) is 85.4 Å². The molecule has 1 aliphatic heterocycles. The largest absolute Gasteiger partial charge is 0.378 e. The summed E-state index contributed by atoms with van der Waals surface area (Å²) in [4.78, 5) is 15.9. The van der Waals surface area contributed by atoms with Crippen LogP contribution in [-0.4, -0.2) is 55.4 Å². The fourth-order valence-corrected chi connectivity index (χ4v) is 4.35. The van der Waals surface area contributed by atoms with E-state index in [1.165, 1.54) is 5.56 Å². The number of benzene rings is 1. The minimum absolute atomic E-state index is 0.667. The number of hydrogen-bond donors (Lipinski definition) is 1. The summed E-state index contributed by atoms with van der Waals surface area (Å²) in [5.74, 6) is 0.770. The highest BCUT2D eigenvalue weighted by Gasteiger charge is 2.14. The van der Waals surface area contributed by atoms with Crippen molar-refractivity contribution in [2.24, 2.45) is 7.05 Å². The van der Waals surface area contributed by atoms with E-state index in [1.807, 2.05) is 36.4 Å². The second-order valence-electron chi connectivity index (χ2n) is 8.60. The number of nitrogens with one attached hydrogen (secondary N) is 1. The minimum atomic E-state index is 0.667. The highest BCUT2D eigenvalue weighted by molar-refractivity contribution is 5.66. The van der Waals surface area contributed by atoms with E-state index in [0.29, 0.717) is 6.54 Å². The molecular formula is C26H26N8O. The fraction of sp³-hybridized carbons (Fsp3) is 0.231. The number of anilines is 2. The number of hydrogen-bond acceptors (Lipinski definition) is 7. The number of pyridine rings is 1. The molecule has 6 rings (SSSR count). The van der Waals surface area contributed by atoms with Crippen LogP contribution in [0.1, 0.15) is 5.56 Å². The van der Waals surface area contributed by atoms with Crippen LogP contribution in [0.5, 0.6) is 0 Å². The summed E-state index contributed by atoms with van der Waals surface area (Å²) >= 11 is 0. The van der Waals surface area contributed by atoms with Crippen LogP contribution in [-0.2, 0) is 18.3 Å². The average Bonchev–Trinajstić information content (AvgIpc) is 3.54. The molecule has 1 aliphatic rings. The van der Waals surface area contributed by atoms with E-state index >= 15 is 0 Å². The van der Waals surface area contributed by atoms with Gasteiger partial charge in [0.15, 0.2) is 0 Å². The van der Waals surface area contributed by atoms with Gasteiger partial charge in [-0.15, -0.1) is 0 Å². The molecule has 0 amide bonds. The van der Waals surface area contributed by atoms with E-state index in [1.54, 1.807) is 6.33 Å². The highest BCUT2D eigenvalue weighted by Crippen LogP contribution is 2.24. The van der Waals surface area contributed by atoms with E-state index < -0.39 is 0 Å². The van der Waals surface area contributed by atoms with Crippen molar-refractivity contribution in [3.05, 3.63) is 79.1 Å². The molecule has 0 atom stereocenters. The Morgan fingerprint density at radius 3 is 2.60 bits per heavy atom. The molecule has 5 heterocycles. The standard InChI is InChI=1S/C26H26N8O/c1-32-17-21(15-31-32)20-4-2-19(3-5-20)14-27-25-13-23(29-18-30-25)24-16-28-26-12-22(6-7-34(24)26)33-8-10-35-11-9-33/h2-7,12-13,15-18H,8-11,14H2,1H3,(H,27,29,30). The summed E-state index contributed by atoms with van der Waals surface area (Å²) in [6.07, 6.45) is 9.40. The summed E-state index contributed by atoms with van der Waals surface area (Å²) in [5.41, 5.74) is 7.24. The molecule has 0 radical (unpaired) electrons. The molecule has 0 bridgehead atoms. The Kier molecular flexibility index (Phi) is 5.59. The Morgan fingerprint density at radius 1 is 0.943 bits per heavy atom. The monoisotopic (exact) mass is 466 g/mol. The number of morpholine rings is 1. The Bertz CT molecular complexity index is 1450. The van der Waals surface area contributed by atoms with Crippen molar-refractivity contribution in [1.82, 2.24) is 29.1 Å². The minimum Gasteiger partial charge on any atom is -0.378 e. The normalized spacial score (nSPS) is 13.9. The number of aryl methyl sites for hydroxylation is 1. The van der Waals surface area contributed by atoms with Crippen LogP contribution in [0.3, 0.4) is 0 Å². The fourth-order valence-electron chi connectivity index (χ4n) is 4.35. The van der Waals surface area contributed by atoms with Gasteiger partial charge in [0.25, 0.3) is 0 Å². The van der Waals surface area contributed by atoms with Crippen molar-refractivity contribution in [1.29, 1.82) is 0 Å². The van der Waals surface area contributed by atoms with E-state index in [0.717, 1.165) is 66.0 Å². The van der Waals surface area contributed by atoms with Gasteiger partial charge in [-0.05, 0) is 17.2 Å². The lowest BCUT2D eigenvalue weighted by molar-refractivity contribution is 0.122. The van der Waals surface area contributed by atoms with Crippen LogP contribution in [0.15, 0.2) is 73.6 Å². The number of ether oxygens (including phenoxy) is 1. The molecule has 1 fully saturated rings. The van der Waals surface area contributed by atoms with Crippen molar-refractivity contribution in [2.45, 2.75) is 6.54 Å². The molecule has 9 heteroatoms. The van der Waals surface area contributed by atoms with Crippen molar-refractivity contribution >= 4 is 17.2 Å². The van der Waals surface area contributed by atoms with Gasteiger partial charge >= 0.3 is 0 Å². The van der Waals surface area contributed by atoms with Crippen molar-refractivity contribution < 1.29 is 4.74 Å². The maximum absolute atomic E-state index is 5.47. The summed E-state index contributed by atoms with van der Waals surface area (Å²) in [7, 11) is 1.92. The van der Waals surface area contributed by atoms with Crippen LogP contribution in [0, 0.1) is 0 Å². The third-order valence-corrected chi connectivity index (χ3v) is 6.27. The first-order valence-electron chi connectivity index (χ1n) is 11.7. The molecule has 0 spiro atoms. The maximum atomic E-state index is 5.47. The molecule has 0 saturated carbocycles.